The maximum Gasteiger partial charge on any atom is -0.000988 e. The molecule has 1 rings (SSSR count). The molecule has 0 heterocycles. The van der Waals surface area contributed by atoms with E-state index in [0.717, 1.165) is 19.0 Å². The van der Waals surface area contributed by atoms with Gasteiger partial charge < -0.3 is 10.6 Å². The molecule has 0 unspecified atom stereocenters. The van der Waals surface area contributed by atoms with Crippen molar-refractivity contribution in [3.63, 3.8) is 0 Å². The van der Waals surface area contributed by atoms with Crippen LogP contribution in [-0.4, -0.2) is 26.7 Å². The topological polar surface area (TPSA) is 24.1 Å². The lowest BCUT2D eigenvalue weighted by molar-refractivity contribution is 0.457. The summed E-state index contributed by atoms with van der Waals surface area (Å²) in [6, 6.07) is 0. The summed E-state index contributed by atoms with van der Waals surface area (Å²) in [7, 11) is 2.01. The first-order valence-corrected chi connectivity index (χ1v) is 5.80. The second-order valence-electron chi connectivity index (χ2n) is 5.66. The van der Waals surface area contributed by atoms with Crippen molar-refractivity contribution in [2.45, 2.75) is 34.1 Å². The summed E-state index contributed by atoms with van der Waals surface area (Å²) in [5.74, 6) is 0.851. The van der Waals surface area contributed by atoms with Gasteiger partial charge in [-0.3, -0.25) is 0 Å². The summed E-state index contributed by atoms with van der Waals surface area (Å²) in [6.45, 7) is 13.0. The van der Waals surface area contributed by atoms with Crippen LogP contribution >= 0.6 is 0 Å². The lowest BCUT2D eigenvalue weighted by Gasteiger charge is -2.05. The van der Waals surface area contributed by atoms with Gasteiger partial charge in [0, 0.05) is 0 Å². The zero-order chi connectivity index (χ0) is 10.8. The zero-order valence-electron chi connectivity index (χ0n) is 10.4. The Balaban J connectivity index is 2.10. The average molecular weight is 198 g/mol. The van der Waals surface area contributed by atoms with Crippen LogP contribution in [-0.2, 0) is 0 Å². The minimum absolute atomic E-state index is 0.531. The third-order valence-corrected chi connectivity index (χ3v) is 4.45. The van der Waals surface area contributed by atoms with E-state index in [1.807, 2.05) is 7.05 Å². The molecule has 14 heavy (non-hydrogen) atoms. The largest absolute Gasteiger partial charge is 0.320 e. The van der Waals surface area contributed by atoms with Gasteiger partial charge in [-0.1, -0.05) is 27.7 Å². The summed E-state index contributed by atoms with van der Waals surface area (Å²) in [5, 5.41) is 6.72. The Morgan fingerprint density at radius 1 is 1.00 bits per heavy atom. The Morgan fingerprint density at radius 2 is 1.57 bits per heavy atom. The van der Waals surface area contributed by atoms with Crippen LogP contribution in [0.25, 0.3) is 0 Å². The van der Waals surface area contributed by atoms with Crippen molar-refractivity contribution < 1.29 is 0 Å². The minimum Gasteiger partial charge on any atom is -0.320 e. The molecule has 0 aromatic heterocycles. The Hall–Kier alpha value is -0.0800. The lowest BCUT2D eigenvalue weighted by atomic mass is 10.0. The van der Waals surface area contributed by atoms with E-state index in [4.69, 9.17) is 0 Å². The molecule has 1 aliphatic rings. The third-order valence-electron chi connectivity index (χ3n) is 4.45. The van der Waals surface area contributed by atoms with Crippen molar-refractivity contribution in [2.75, 3.05) is 26.7 Å². The van der Waals surface area contributed by atoms with Crippen molar-refractivity contribution in [2.24, 2.45) is 16.7 Å². The molecule has 0 aromatic rings. The van der Waals surface area contributed by atoms with Crippen molar-refractivity contribution in [3.8, 4) is 0 Å². The van der Waals surface area contributed by atoms with Crippen molar-refractivity contribution in [1.29, 1.82) is 0 Å². The van der Waals surface area contributed by atoms with Gasteiger partial charge in [-0.15, -0.1) is 0 Å². The fraction of sp³-hybridized carbons (Fsp3) is 1.00. The highest BCUT2D eigenvalue weighted by atomic mass is 14.9. The molecule has 0 spiro atoms. The molecule has 0 aliphatic heterocycles. The SMILES string of the molecule is CNCCCNCC1C(C)(C)C1(C)C. The molecule has 0 saturated heterocycles. The molecule has 0 aromatic carbocycles. The van der Waals surface area contributed by atoms with Gasteiger partial charge in [0.1, 0.15) is 0 Å². The second-order valence-corrected chi connectivity index (χ2v) is 5.66. The van der Waals surface area contributed by atoms with Crippen LogP contribution in [0.5, 0.6) is 0 Å². The highest BCUT2D eigenvalue weighted by Gasteiger charge is 2.63. The Kier molecular flexibility index (Phi) is 3.59. The highest BCUT2D eigenvalue weighted by Crippen LogP contribution is 2.67. The maximum absolute atomic E-state index is 3.55. The molecule has 2 N–H and O–H groups in total. The zero-order valence-corrected chi connectivity index (χ0v) is 10.4. The Morgan fingerprint density at radius 3 is 2.00 bits per heavy atom. The Bertz CT molecular complexity index is 171. The van der Waals surface area contributed by atoms with E-state index >= 15 is 0 Å². The first-order chi connectivity index (χ1) is 6.44. The van der Waals surface area contributed by atoms with Gasteiger partial charge in [0.05, 0.1) is 0 Å². The van der Waals surface area contributed by atoms with Crippen LogP contribution in [0.2, 0.25) is 0 Å². The van der Waals surface area contributed by atoms with Gasteiger partial charge in [-0.05, 0) is 49.9 Å². The monoisotopic (exact) mass is 198 g/mol. The molecule has 2 heteroatoms. The summed E-state index contributed by atoms with van der Waals surface area (Å²) < 4.78 is 0. The first-order valence-electron chi connectivity index (χ1n) is 5.80. The molecular weight excluding hydrogens is 172 g/mol. The molecule has 0 amide bonds. The van der Waals surface area contributed by atoms with Crippen molar-refractivity contribution >= 4 is 0 Å². The minimum atomic E-state index is 0.531. The van der Waals surface area contributed by atoms with E-state index in [2.05, 4.69) is 38.3 Å². The fourth-order valence-corrected chi connectivity index (χ4v) is 2.48. The summed E-state index contributed by atoms with van der Waals surface area (Å²) in [4.78, 5) is 0. The van der Waals surface area contributed by atoms with E-state index in [1.165, 1.54) is 13.0 Å². The quantitative estimate of drug-likeness (QED) is 0.637. The highest BCUT2D eigenvalue weighted by molar-refractivity contribution is 5.12. The van der Waals surface area contributed by atoms with E-state index in [0.29, 0.717) is 10.8 Å². The van der Waals surface area contributed by atoms with Crippen LogP contribution in [0, 0.1) is 16.7 Å². The number of hydrogen-bond donors (Lipinski definition) is 2. The van der Waals surface area contributed by atoms with Gasteiger partial charge in [-0.25, -0.2) is 0 Å². The lowest BCUT2D eigenvalue weighted by Crippen LogP contribution is -2.23. The number of rotatable bonds is 6. The van der Waals surface area contributed by atoms with Crippen molar-refractivity contribution in [3.05, 3.63) is 0 Å². The standard InChI is InChI=1S/C12H26N2/c1-11(2)10(12(11,3)4)9-14-8-6-7-13-5/h10,13-14H,6-9H2,1-5H3. The van der Waals surface area contributed by atoms with Gasteiger partial charge >= 0.3 is 0 Å². The molecule has 0 radical (unpaired) electrons. The summed E-state index contributed by atoms with van der Waals surface area (Å²) in [5.41, 5.74) is 1.06. The van der Waals surface area contributed by atoms with Crippen LogP contribution in [0.3, 0.4) is 0 Å². The predicted molar refractivity (Wildman–Crippen MR) is 62.5 cm³/mol. The molecule has 1 fully saturated rings. The number of hydrogen-bond acceptors (Lipinski definition) is 2. The average Bonchev–Trinajstić information content (AvgIpc) is 2.46. The van der Waals surface area contributed by atoms with E-state index < -0.39 is 0 Å². The molecule has 2 nitrogen and oxygen atoms in total. The van der Waals surface area contributed by atoms with Crippen LogP contribution in [0.15, 0.2) is 0 Å². The second kappa shape index (κ2) is 4.19. The fourth-order valence-electron chi connectivity index (χ4n) is 2.48. The smallest absolute Gasteiger partial charge is 0.000988 e. The van der Waals surface area contributed by atoms with Gasteiger partial charge in [-0.2, -0.15) is 0 Å². The summed E-state index contributed by atoms with van der Waals surface area (Å²) in [6.07, 6.45) is 1.23. The first kappa shape index (κ1) is 12.0. The van der Waals surface area contributed by atoms with E-state index in [1.54, 1.807) is 0 Å². The van der Waals surface area contributed by atoms with Crippen LogP contribution in [0.4, 0.5) is 0 Å². The normalized spacial score (nSPS) is 23.8. The number of nitrogens with one attached hydrogen (secondary N) is 2. The molecule has 0 atom stereocenters. The molecule has 84 valence electrons. The summed E-state index contributed by atoms with van der Waals surface area (Å²) >= 11 is 0. The van der Waals surface area contributed by atoms with Gasteiger partial charge in [0.2, 0.25) is 0 Å². The third kappa shape index (κ3) is 2.12. The molecule has 1 aliphatic carbocycles. The van der Waals surface area contributed by atoms with Gasteiger partial charge in [0.15, 0.2) is 0 Å². The van der Waals surface area contributed by atoms with E-state index in [9.17, 15) is 0 Å². The molecule has 0 bridgehead atoms. The Labute approximate surface area is 88.8 Å². The molecular formula is C12H26N2. The predicted octanol–water partition coefficient (Wildman–Crippen LogP) is 1.87. The maximum atomic E-state index is 3.55. The van der Waals surface area contributed by atoms with Crippen LogP contribution < -0.4 is 10.6 Å². The van der Waals surface area contributed by atoms with Gasteiger partial charge in [0.25, 0.3) is 0 Å². The van der Waals surface area contributed by atoms with Crippen molar-refractivity contribution in [1.82, 2.24) is 10.6 Å². The van der Waals surface area contributed by atoms with E-state index in [-0.39, 0.29) is 0 Å². The molecule has 1 saturated carbocycles. The van der Waals surface area contributed by atoms with Crippen LogP contribution in [0.1, 0.15) is 34.1 Å².